The summed E-state index contributed by atoms with van der Waals surface area (Å²) in [6, 6.07) is 6.23. The van der Waals surface area contributed by atoms with Crippen LogP contribution in [-0.4, -0.2) is 54.0 Å². The van der Waals surface area contributed by atoms with Gasteiger partial charge in [-0.2, -0.15) is 0 Å². The van der Waals surface area contributed by atoms with Gasteiger partial charge in [0.2, 0.25) is 0 Å². The molecule has 0 saturated carbocycles. The predicted octanol–water partition coefficient (Wildman–Crippen LogP) is 2.37. The zero-order valence-corrected chi connectivity index (χ0v) is 13.2. The van der Waals surface area contributed by atoms with Crippen molar-refractivity contribution in [3.63, 3.8) is 0 Å². The van der Waals surface area contributed by atoms with E-state index in [2.05, 4.69) is 15.0 Å². The van der Waals surface area contributed by atoms with Crippen LogP contribution in [0, 0.1) is 5.92 Å². The Bertz CT molecular complexity index is 674. The summed E-state index contributed by atoms with van der Waals surface area (Å²) in [5.74, 6) is 1.37. The van der Waals surface area contributed by atoms with E-state index in [9.17, 15) is 5.11 Å². The number of nitrogens with zero attached hydrogens (tertiary/aromatic N) is 3. The van der Waals surface area contributed by atoms with Crippen molar-refractivity contribution < 1.29 is 9.63 Å². The quantitative estimate of drug-likeness (QED) is 0.920. The molecule has 0 spiro atoms. The molecular weight excluding hydrogens is 302 g/mol. The van der Waals surface area contributed by atoms with Crippen LogP contribution in [0.1, 0.15) is 12.8 Å². The fraction of sp³-hybridized carbons (Fsp3) is 0.562. The Kier molecular flexibility index (Phi) is 3.72. The normalized spacial score (nSPS) is 26.4. The van der Waals surface area contributed by atoms with E-state index < -0.39 is 0 Å². The molecule has 2 aliphatic heterocycles. The summed E-state index contributed by atoms with van der Waals surface area (Å²) in [4.78, 5) is 4.83. The fourth-order valence-corrected chi connectivity index (χ4v) is 3.89. The highest BCUT2D eigenvalue weighted by Crippen LogP contribution is 2.32. The van der Waals surface area contributed by atoms with E-state index in [1.165, 1.54) is 0 Å². The molecule has 2 saturated heterocycles. The van der Waals surface area contributed by atoms with E-state index >= 15 is 0 Å². The molecule has 2 fully saturated rings. The van der Waals surface area contributed by atoms with Gasteiger partial charge < -0.3 is 14.5 Å². The largest absolute Gasteiger partial charge is 0.396 e. The Balaban J connectivity index is 1.54. The van der Waals surface area contributed by atoms with Gasteiger partial charge >= 0.3 is 0 Å². The molecule has 6 heteroatoms. The van der Waals surface area contributed by atoms with Crippen molar-refractivity contribution in [3.05, 3.63) is 23.2 Å². The number of aromatic nitrogens is 1. The van der Waals surface area contributed by atoms with E-state index in [0.717, 1.165) is 55.8 Å². The van der Waals surface area contributed by atoms with Gasteiger partial charge in [0.1, 0.15) is 0 Å². The predicted molar refractivity (Wildman–Crippen MR) is 86.4 cm³/mol. The van der Waals surface area contributed by atoms with Gasteiger partial charge in [-0.05, 0) is 30.9 Å². The summed E-state index contributed by atoms with van der Waals surface area (Å²) in [6.45, 7) is 4.26. The van der Waals surface area contributed by atoms with Crippen LogP contribution in [0.25, 0.3) is 11.0 Å². The second-order valence-electron chi connectivity index (χ2n) is 6.37. The molecule has 2 atom stereocenters. The molecule has 2 aliphatic rings. The standard InChI is InChI=1S/C16H20ClN3O2/c17-12-2-4-14-15(7-12)22-18-16(14)20-6-5-19-8-11(10-21)1-3-13(19)9-20/h2,4,7,11,13,21H,1,3,5-6,8-10H2. The fourth-order valence-electron chi connectivity index (χ4n) is 3.73. The van der Waals surface area contributed by atoms with Crippen LogP contribution in [0.15, 0.2) is 22.7 Å². The summed E-state index contributed by atoms with van der Waals surface area (Å²) in [7, 11) is 0. The first-order chi connectivity index (χ1) is 10.7. The van der Waals surface area contributed by atoms with Gasteiger partial charge in [0.05, 0.1) is 5.39 Å². The van der Waals surface area contributed by atoms with Gasteiger partial charge in [-0.1, -0.05) is 16.8 Å². The average Bonchev–Trinajstić information content (AvgIpc) is 2.96. The molecule has 1 aromatic carbocycles. The van der Waals surface area contributed by atoms with Crippen LogP contribution >= 0.6 is 11.6 Å². The number of aliphatic hydroxyl groups excluding tert-OH is 1. The van der Waals surface area contributed by atoms with Crippen LogP contribution in [0.4, 0.5) is 5.82 Å². The molecule has 0 aliphatic carbocycles. The molecule has 3 heterocycles. The van der Waals surface area contributed by atoms with Crippen LogP contribution in [0.3, 0.4) is 0 Å². The molecule has 0 amide bonds. The van der Waals surface area contributed by atoms with Crippen molar-refractivity contribution in [3.8, 4) is 0 Å². The molecule has 5 nitrogen and oxygen atoms in total. The zero-order valence-electron chi connectivity index (χ0n) is 12.4. The summed E-state index contributed by atoms with van der Waals surface area (Å²) >= 11 is 6.00. The van der Waals surface area contributed by atoms with Crippen molar-refractivity contribution >= 4 is 28.4 Å². The minimum Gasteiger partial charge on any atom is -0.396 e. The highest BCUT2D eigenvalue weighted by atomic mass is 35.5. The first kappa shape index (κ1) is 14.3. The summed E-state index contributed by atoms with van der Waals surface area (Å²) in [5, 5.41) is 15.3. The van der Waals surface area contributed by atoms with Gasteiger partial charge in [0, 0.05) is 49.9 Å². The van der Waals surface area contributed by atoms with Gasteiger partial charge in [-0.3, -0.25) is 4.90 Å². The number of hydrogen-bond donors (Lipinski definition) is 1. The Morgan fingerprint density at radius 3 is 3.05 bits per heavy atom. The van der Waals surface area contributed by atoms with Crippen molar-refractivity contribution in [2.75, 3.05) is 37.7 Å². The summed E-state index contributed by atoms with van der Waals surface area (Å²) in [6.07, 6.45) is 2.25. The third-order valence-electron chi connectivity index (χ3n) is 4.98. The SMILES string of the molecule is OCC1CCC2CN(c3noc4cc(Cl)ccc34)CCN2C1. The third kappa shape index (κ3) is 2.47. The van der Waals surface area contributed by atoms with E-state index in [0.29, 0.717) is 23.6 Å². The number of hydrogen-bond acceptors (Lipinski definition) is 5. The van der Waals surface area contributed by atoms with Gasteiger partial charge in [0.25, 0.3) is 0 Å². The first-order valence-corrected chi connectivity index (χ1v) is 8.27. The molecule has 22 heavy (non-hydrogen) atoms. The van der Waals surface area contributed by atoms with Crippen LogP contribution in [0.2, 0.25) is 5.02 Å². The minimum absolute atomic E-state index is 0.307. The number of piperidine rings is 1. The molecule has 2 aromatic rings. The molecule has 2 unspecified atom stereocenters. The van der Waals surface area contributed by atoms with Gasteiger partial charge in [-0.25, -0.2) is 0 Å². The number of benzene rings is 1. The van der Waals surface area contributed by atoms with E-state index in [1.54, 1.807) is 0 Å². The molecule has 4 rings (SSSR count). The van der Waals surface area contributed by atoms with Gasteiger partial charge in [0.15, 0.2) is 11.4 Å². The third-order valence-corrected chi connectivity index (χ3v) is 5.21. The van der Waals surface area contributed by atoms with E-state index in [-0.39, 0.29) is 0 Å². The number of anilines is 1. The van der Waals surface area contributed by atoms with Crippen molar-refractivity contribution in [2.24, 2.45) is 5.92 Å². The van der Waals surface area contributed by atoms with Gasteiger partial charge in [-0.15, -0.1) is 0 Å². The lowest BCUT2D eigenvalue weighted by Crippen LogP contribution is -2.57. The minimum atomic E-state index is 0.307. The second-order valence-corrected chi connectivity index (χ2v) is 6.80. The highest BCUT2D eigenvalue weighted by molar-refractivity contribution is 6.31. The van der Waals surface area contributed by atoms with Crippen molar-refractivity contribution in [1.29, 1.82) is 0 Å². The monoisotopic (exact) mass is 321 g/mol. The Morgan fingerprint density at radius 2 is 2.18 bits per heavy atom. The summed E-state index contributed by atoms with van der Waals surface area (Å²) < 4.78 is 5.43. The summed E-state index contributed by atoms with van der Waals surface area (Å²) in [5.41, 5.74) is 0.744. The van der Waals surface area contributed by atoms with Crippen LogP contribution in [0.5, 0.6) is 0 Å². The second kappa shape index (κ2) is 5.72. The van der Waals surface area contributed by atoms with E-state index in [1.807, 2.05) is 18.2 Å². The maximum absolute atomic E-state index is 9.35. The molecular formula is C16H20ClN3O2. The topological polar surface area (TPSA) is 52.7 Å². The Hall–Kier alpha value is -1.30. The number of aliphatic hydroxyl groups is 1. The van der Waals surface area contributed by atoms with Crippen LogP contribution in [-0.2, 0) is 0 Å². The number of fused-ring (bicyclic) bond motifs is 2. The molecule has 1 aromatic heterocycles. The molecule has 1 N–H and O–H groups in total. The lowest BCUT2D eigenvalue weighted by molar-refractivity contribution is 0.0672. The lowest BCUT2D eigenvalue weighted by atomic mass is 9.91. The number of halogens is 1. The van der Waals surface area contributed by atoms with Crippen molar-refractivity contribution in [2.45, 2.75) is 18.9 Å². The highest BCUT2D eigenvalue weighted by Gasteiger charge is 2.33. The van der Waals surface area contributed by atoms with E-state index in [4.69, 9.17) is 16.1 Å². The van der Waals surface area contributed by atoms with Crippen molar-refractivity contribution in [1.82, 2.24) is 10.1 Å². The Morgan fingerprint density at radius 1 is 1.27 bits per heavy atom. The number of piperazine rings is 1. The van der Waals surface area contributed by atoms with Crippen LogP contribution < -0.4 is 4.90 Å². The first-order valence-electron chi connectivity index (χ1n) is 7.89. The lowest BCUT2D eigenvalue weighted by Gasteiger charge is -2.46. The molecule has 118 valence electrons. The smallest absolute Gasteiger partial charge is 0.180 e. The molecule has 0 bridgehead atoms. The average molecular weight is 322 g/mol. The maximum Gasteiger partial charge on any atom is 0.180 e. The Labute approximate surface area is 134 Å². The zero-order chi connectivity index (χ0) is 15.1. The molecule has 0 radical (unpaired) electrons. The maximum atomic E-state index is 9.35. The number of rotatable bonds is 2.